The summed E-state index contributed by atoms with van der Waals surface area (Å²) in [5, 5.41) is 12.3. The standard InChI is InChI=1S/C18H24N4O3/c1-10(2)16(20-18(24)25-5)17(23)19-15-9-14(21-22-15)13-7-11(3)6-12(4)8-13/h6-10,16H,1-5H3,(H,20,24)(H2,19,21,22,23). The second-order valence-electron chi connectivity index (χ2n) is 6.39. The number of nitrogens with zero attached hydrogens (tertiary/aromatic N) is 1. The minimum absolute atomic E-state index is 0.100. The third-order valence-electron chi connectivity index (χ3n) is 3.77. The predicted octanol–water partition coefficient (Wildman–Crippen LogP) is 3.01. The molecule has 1 aromatic carbocycles. The molecule has 1 aromatic heterocycles. The molecule has 0 aliphatic heterocycles. The van der Waals surface area contributed by atoms with Gasteiger partial charge in [-0.25, -0.2) is 4.79 Å². The number of alkyl carbamates (subject to hydrolysis) is 1. The third-order valence-corrected chi connectivity index (χ3v) is 3.77. The lowest BCUT2D eigenvalue weighted by Gasteiger charge is -2.20. The Hall–Kier alpha value is -2.83. The van der Waals surface area contributed by atoms with Gasteiger partial charge in [-0.2, -0.15) is 5.10 Å². The zero-order valence-electron chi connectivity index (χ0n) is 15.1. The molecule has 0 radical (unpaired) electrons. The molecule has 7 heteroatoms. The van der Waals surface area contributed by atoms with E-state index >= 15 is 0 Å². The molecular formula is C18H24N4O3. The first kappa shape index (κ1) is 18.5. The molecule has 2 amide bonds. The summed E-state index contributed by atoms with van der Waals surface area (Å²) in [6.45, 7) is 7.74. The summed E-state index contributed by atoms with van der Waals surface area (Å²) >= 11 is 0. The number of benzene rings is 1. The summed E-state index contributed by atoms with van der Waals surface area (Å²) in [6, 6.07) is 7.23. The van der Waals surface area contributed by atoms with Crippen LogP contribution in [0.2, 0.25) is 0 Å². The minimum Gasteiger partial charge on any atom is -0.453 e. The normalized spacial score (nSPS) is 11.9. The Bertz CT molecular complexity index is 747. The fraction of sp³-hybridized carbons (Fsp3) is 0.389. The quantitative estimate of drug-likeness (QED) is 0.777. The second kappa shape index (κ2) is 7.83. The molecule has 1 unspecified atom stereocenters. The van der Waals surface area contributed by atoms with Crippen LogP contribution < -0.4 is 10.6 Å². The summed E-state index contributed by atoms with van der Waals surface area (Å²) in [4.78, 5) is 23.8. The molecule has 2 aromatic rings. The van der Waals surface area contributed by atoms with Crippen LogP contribution in [-0.2, 0) is 9.53 Å². The Morgan fingerprint density at radius 3 is 2.32 bits per heavy atom. The largest absolute Gasteiger partial charge is 0.453 e. The first-order chi connectivity index (χ1) is 11.8. The summed E-state index contributed by atoms with van der Waals surface area (Å²) in [5.74, 6) is -0.0488. The number of carbonyl (C=O) groups excluding carboxylic acids is 2. The number of methoxy groups -OCH3 is 1. The van der Waals surface area contributed by atoms with Crippen molar-refractivity contribution < 1.29 is 14.3 Å². The van der Waals surface area contributed by atoms with Crippen molar-refractivity contribution >= 4 is 17.8 Å². The van der Waals surface area contributed by atoms with E-state index in [2.05, 4.69) is 31.6 Å². The summed E-state index contributed by atoms with van der Waals surface area (Å²) < 4.78 is 4.56. The molecule has 0 bridgehead atoms. The molecule has 0 spiro atoms. The molecule has 134 valence electrons. The van der Waals surface area contributed by atoms with Gasteiger partial charge in [0.15, 0.2) is 5.82 Å². The Kier molecular flexibility index (Phi) is 5.80. The fourth-order valence-corrected chi connectivity index (χ4v) is 2.59. The van der Waals surface area contributed by atoms with E-state index < -0.39 is 12.1 Å². The van der Waals surface area contributed by atoms with Gasteiger partial charge in [-0.15, -0.1) is 0 Å². The minimum atomic E-state index is -0.714. The van der Waals surface area contributed by atoms with Gasteiger partial charge in [0.05, 0.1) is 12.8 Å². The zero-order chi connectivity index (χ0) is 18.6. The predicted molar refractivity (Wildman–Crippen MR) is 96.3 cm³/mol. The van der Waals surface area contributed by atoms with Crippen LogP contribution in [0.1, 0.15) is 25.0 Å². The highest BCUT2D eigenvalue weighted by atomic mass is 16.5. The molecule has 0 aliphatic rings. The van der Waals surface area contributed by atoms with Crippen molar-refractivity contribution in [3.05, 3.63) is 35.4 Å². The smallest absolute Gasteiger partial charge is 0.407 e. The van der Waals surface area contributed by atoms with Gasteiger partial charge in [-0.1, -0.05) is 31.0 Å². The van der Waals surface area contributed by atoms with Crippen molar-refractivity contribution in [2.75, 3.05) is 12.4 Å². The summed E-state index contributed by atoms with van der Waals surface area (Å²) in [7, 11) is 1.26. The van der Waals surface area contributed by atoms with E-state index in [4.69, 9.17) is 0 Å². The molecule has 0 saturated heterocycles. The van der Waals surface area contributed by atoms with Crippen LogP contribution >= 0.6 is 0 Å². The van der Waals surface area contributed by atoms with E-state index in [0.29, 0.717) is 5.82 Å². The Morgan fingerprint density at radius 2 is 1.76 bits per heavy atom. The number of hydrogen-bond acceptors (Lipinski definition) is 4. The highest BCUT2D eigenvalue weighted by Crippen LogP contribution is 2.22. The van der Waals surface area contributed by atoms with Crippen molar-refractivity contribution in [1.29, 1.82) is 0 Å². The SMILES string of the molecule is COC(=O)NC(C(=O)Nc1cc(-c2cc(C)cc(C)c2)[nH]n1)C(C)C. The van der Waals surface area contributed by atoms with Gasteiger partial charge in [0.2, 0.25) is 5.91 Å². The van der Waals surface area contributed by atoms with Crippen molar-refractivity contribution in [2.24, 2.45) is 5.92 Å². The van der Waals surface area contributed by atoms with Gasteiger partial charge < -0.3 is 15.4 Å². The van der Waals surface area contributed by atoms with Gasteiger partial charge in [-0.05, 0) is 31.9 Å². The highest BCUT2D eigenvalue weighted by Gasteiger charge is 2.25. The number of H-pyrrole nitrogens is 1. The van der Waals surface area contributed by atoms with Gasteiger partial charge in [0.1, 0.15) is 6.04 Å². The van der Waals surface area contributed by atoms with Crippen molar-refractivity contribution in [3.63, 3.8) is 0 Å². The summed E-state index contributed by atoms with van der Waals surface area (Å²) in [5.41, 5.74) is 4.11. The number of aromatic nitrogens is 2. The summed E-state index contributed by atoms with van der Waals surface area (Å²) in [6.07, 6.45) is -0.646. The van der Waals surface area contributed by atoms with Crippen LogP contribution in [-0.4, -0.2) is 35.3 Å². The fourth-order valence-electron chi connectivity index (χ4n) is 2.59. The number of ether oxygens (including phenoxy) is 1. The number of aryl methyl sites for hydroxylation is 2. The van der Waals surface area contributed by atoms with E-state index in [1.54, 1.807) is 6.07 Å². The van der Waals surface area contributed by atoms with E-state index in [9.17, 15) is 9.59 Å². The molecule has 2 rings (SSSR count). The number of amides is 2. The van der Waals surface area contributed by atoms with Crippen molar-refractivity contribution in [1.82, 2.24) is 15.5 Å². The lowest BCUT2D eigenvalue weighted by atomic mass is 10.0. The zero-order valence-corrected chi connectivity index (χ0v) is 15.1. The Labute approximate surface area is 147 Å². The number of hydrogen-bond donors (Lipinski definition) is 3. The van der Waals surface area contributed by atoms with Gasteiger partial charge in [-0.3, -0.25) is 9.89 Å². The molecule has 0 saturated carbocycles. The number of anilines is 1. The number of aromatic amines is 1. The number of nitrogens with one attached hydrogen (secondary N) is 3. The molecule has 3 N–H and O–H groups in total. The first-order valence-electron chi connectivity index (χ1n) is 8.09. The van der Waals surface area contributed by atoms with Crippen LogP contribution in [0.15, 0.2) is 24.3 Å². The molecule has 0 aliphatic carbocycles. The molecule has 1 atom stereocenters. The van der Waals surface area contributed by atoms with Crippen LogP contribution in [0, 0.1) is 19.8 Å². The maximum absolute atomic E-state index is 12.4. The number of rotatable bonds is 5. The topological polar surface area (TPSA) is 96.1 Å². The van der Waals surface area contributed by atoms with Gasteiger partial charge in [0, 0.05) is 11.6 Å². The third kappa shape index (κ3) is 4.82. The van der Waals surface area contributed by atoms with Crippen molar-refractivity contribution in [3.8, 4) is 11.3 Å². The van der Waals surface area contributed by atoms with Gasteiger partial charge >= 0.3 is 6.09 Å². The molecular weight excluding hydrogens is 320 g/mol. The Balaban J connectivity index is 2.13. The monoisotopic (exact) mass is 344 g/mol. The van der Waals surface area contributed by atoms with Crippen LogP contribution in [0.4, 0.5) is 10.6 Å². The van der Waals surface area contributed by atoms with Crippen LogP contribution in [0.25, 0.3) is 11.3 Å². The lowest BCUT2D eigenvalue weighted by molar-refractivity contribution is -0.119. The van der Waals surface area contributed by atoms with Crippen LogP contribution in [0.3, 0.4) is 0 Å². The average molecular weight is 344 g/mol. The second-order valence-corrected chi connectivity index (χ2v) is 6.39. The number of carbonyl (C=O) groups is 2. The molecule has 25 heavy (non-hydrogen) atoms. The van der Waals surface area contributed by atoms with E-state index in [-0.39, 0.29) is 11.8 Å². The first-order valence-corrected chi connectivity index (χ1v) is 8.09. The average Bonchev–Trinajstić information content (AvgIpc) is 2.99. The van der Waals surface area contributed by atoms with E-state index in [1.807, 2.05) is 39.8 Å². The van der Waals surface area contributed by atoms with E-state index in [1.165, 1.54) is 7.11 Å². The highest BCUT2D eigenvalue weighted by molar-refractivity contribution is 5.96. The van der Waals surface area contributed by atoms with Crippen molar-refractivity contribution in [2.45, 2.75) is 33.7 Å². The van der Waals surface area contributed by atoms with E-state index in [0.717, 1.165) is 22.4 Å². The lowest BCUT2D eigenvalue weighted by Crippen LogP contribution is -2.47. The molecule has 0 fully saturated rings. The maximum Gasteiger partial charge on any atom is 0.407 e. The Morgan fingerprint density at radius 1 is 1.12 bits per heavy atom. The maximum atomic E-state index is 12.4. The van der Waals surface area contributed by atoms with Crippen LogP contribution in [0.5, 0.6) is 0 Å². The van der Waals surface area contributed by atoms with Gasteiger partial charge in [0.25, 0.3) is 0 Å². The molecule has 1 heterocycles. The molecule has 7 nitrogen and oxygen atoms in total.